The zero-order chi connectivity index (χ0) is 35.2. The molecule has 2 aliphatic heterocycles. The minimum Gasteiger partial charge on any atom is -0.491 e. The monoisotopic (exact) mass is 765 g/mol. The maximum atomic E-state index is 14.0. The van der Waals surface area contributed by atoms with Gasteiger partial charge in [-0.15, -0.1) is 11.3 Å². The van der Waals surface area contributed by atoms with Crippen LogP contribution in [-0.2, 0) is 20.6 Å². The lowest BCUT2D eigenvalue weighted by Crippen LogP contribution is -2.45. The predicted octanol–water partition coefficient (Wildman–Crippen LogP) is 8.11. The number of amides is 1. The first-order valence-electron chi connectivity index (χ1n) is 16.4. The Hall–Kier alpha value is -3.02. The highest BCUT2D eigenvalue weighted by atomic mass is 79.9. The van der Waals surface area contributed by atoms with Crippen LogP contribution in [0.3, 0.4) is 0 Å². The lowest BCUT2D eigenvalue weighted by Gasteiger charge is -2.38. The second-order valence-electron chi connectivity index (χ2n) is 13.3. The van der Waals surface area contributed by atoms with E-state index in [1.807, 2.05) is 6.07 Å². The van der Waals surface area contributed by atoms with Crippen molar-refractivity contribution in [2.24, 2.45) is 5.92 Å². The number of hydrogen-bond acceptors (Lipinski definition) is 8. The van der Waals surface area contributed by atoms with Gasteiger partial charge in [0, 0.05) is 29.7 Å². The maximum absolute atomic E-state index is 14.0. The number of carbonyl (C=O) groups is 1. The summed E-state index contributed by atoms with van der Waals surface area (Å²) in [4.78, 5) is 17.4. The van der Waals surface area contributed by atoms with E-state index < -0.39 is 24.3 Å². The minimum absolute atomic E-state index is 0.125. The summed E-state index contributed by atoms with van der Waals surface area (Å²) < 4.78 is 66.6. The largest absolute Gasteiger partial charge is 0.491 e. The van der Waals surface area contributed by atoms with Crippen molar-refractivity contribution in [2.75, 3.05) is 69.9 Å². The first-order valence-corrected chi connectivity index (χ1v) is 18.0. The molecule has 8 nitrogen and oxygen atoms in total. The number of hydrogen-bond donors (Lipinski definition) is 1. The number of carbonyl (C=O) groups excluding carboxylic acids is 1. The van der Waals surface area contributed by atoms with Crippen molar-refractivity contribution in [2.45, 2.75) is 57.9 Å². The molecular formula is C36H43BrF3N3O5S. The van der Waals surface area contributed by atoms with Crippen LogP contribution >= 0.6 is 27.3 Å². The van der Waals surface area contributed by atoms with Crippen molar-refractivity contribution in [3.63, 3.8) is 0 Å². The molecule has 1 amide bonds. The standard InChI is InChI=1S/C36H43BrF3N3O5S/c1-35(2,3)48-34(44)43-12-6-9-32-29(22-36(38,39)40)28-7-5-8-31(33(28)49-32)41-30-10-13-42(4)23-24(30)11-14-45-15-16-46-17-18-47-27-20-25(37)19-26(43)21-27/h5,7-8,19-21,24,30,41H,10-18,22-23H2,1-4H3. The van der Waals surface area contributed by atoms with Crippen molar-refractivity contribution < 1.29 is 36.9 Å². The van der Waals surface area contributed by atoms with E-state index >= 15 is 0 Å². The van der Waals surface area contributed by atoms with Crippen LogP contribution in [-0.4, -0.2) is 88.5 Å². The van der Waals surface area contributed by atoms with Crippen LogP contribution in [0.25, 0.3) is 10.1 Å². The number of likely N-dealkylation sites (tertiary alicyclic amines) is 1. The molecule has 1 N–H and O–H groups in total. The number of nitrogens with one attached hydrogen (secondary N) is 1. The number of benzene rings is 2. The number of rotatable bonds is 1. The van der Waals surface area contributed by atoms with Gasteiger partial charge in [-0.2, -0.15) is 13.2 Å². The average molecular weight is 767 g/mol. The number of thiophene rings is 1. The molecule has 1 aromatic heterocycles. The fourth-order valence-corrected chi connectivity index (χ4v) is 7.63. The third kappa shape index (κ3) is 10.7. The van der Waals surface area contributed by atoms with Gasteiger partial charge in [0.25, 0.3) is 0 Å². The van der Waals surface area contributed by atoms with Crippen molar-refractivity contribution in [1.82, 2.24) is 4.90 Å². The van der Waals surface area contributed by atoms with Crippen LogP contribution in [0.4, 0.5) is 29.3 Å². The van der Waals surface area contributed by atoms with E-state index in [-0.39, 0.29) is 30.7 Å². The first-order chi connectivity index (χ1) is 23.3. The smallest absolute Gasteiger partial charge is 0.415 e. The van der Waals surface area contributed by atoms with Crippen LogP contribution in [0, 0.1) is 17.8 Å². The van der Waals surface area contributed by atoms with Gasteiger partial charge >= 0.3 is 12.3 Å². The topological polar surface area (TPSA) is 72.5 Å². The van der Waals surface area contributed by atoms with Gasteiger partial charge in [-0.3, -0.25) is 4.90 Å². The summed E-state index contributed by atoms with van der Waals surface area (Å²) in [7, 11) is 2.10. The Morgan fingerprint density at radius 2 is 1.84 bits per heavy atom. The van der Waals surface area contributed by atoms with Gasteiger partial charge in [-0.25, -0.2) is 4.79 Å². The molecule has 0 radical (unpaired) electrons. The van der Waals surface area contributed by atoms with Crippen molar-refractivity contribution in [1.29, 1.82) is 0 Å². The van der Waals surface area contributed by atoms with Gasteiger partial charge in [0.15, 0.2) is 0 Å². The second kappa shape index (κ2) is 16.3. The normalized spacial score (nSPS) is 20.4. The molecule has 1 saturated heterocycles. The van der Waals surface area contributed by atoms with Gasteiger partial charge in [0.2, 0.25) is 0 Å². The molecule has 1 fully saturated rings. The van der Waals surface area contributed by atoms with Crippen molar-refractivity contribution in [3.05, 3.63) is 51.3 Å². The Kier molecular flexibility index (Phi) is 12.4. The number of halogens is 4. The molecule has 0 aliphatic carbocycles. The quantitative estimate of drug-likeness (QED) is 0.251. The van der Waals surface area contributed by atoms with Gasteiger partial charge in [0.05, 0.1) is 53.7 Å². The van der Waals surface area contributed by atoms with E-state index in [9.17, 15) is 18.0 Å². The zero-order valence-corrected chi connectivity index (χ0v) is 30.7. The van der Waals surface area contributed by atoms with E-state index in [4.69, 9.17) is 18.9 Å². The Morgan fingerprint density at radius 3 is 2.59 bits per heavy atom. The van der Waals surface area contributed by atoms with E-state index in [1.165, 1.54) is 16.2 Å². The summed E-state index contributed by atoms with van der Waals surface area (Å²) in [6, 6.07) is 10.8. The molecular weight excluding hydrogens is 723 g/mol. The maximum Gasteiger partial charge on any atom is 0.415 e. The molecule has 2 aromatic carbocycles. The number of fused-ring (bicyclic) bond motifs is 4. The molecule has 2 unspecified atom stereocenters. The number of anilines is 2. The molecule has 266 valence electrons. The Bertz CT molecular complexity index is 1670. The van der Waals surface area contributed by atoms with Crippen LogP contribution in [0.5, 0.6) is 5.75 Å². The molecule has 2 atom stereocenters. The van der Waals surface area contributed by atoms with Crippen LogP contribution in [0.1, 0.15) is 44.1 Å². The Morgan fingerprint density at radius 1 is 1.08 bits per heavy atom. The summed E-state index contributed by atoms with van der Waals surface area (Å²) in [5.74, 6) is 6.77. The fourth-order valence-electron chi connectivity index (χ4n) is 6.00. The molecule has 0 saturated carbocycles. The molecule has 5 rings (SSSR count). The van der Waals surface area contributed by atoms with Crippen LogP contribution in [0.2, 0.25) is 0 Å². The van der Waals surface area contributed by atoms with Gasteiger partial charge in [0.1, 0.15) is 18.0 Å². The van der Waals surface area contributed by atoms with E-state index in [0.717, 1.165) is 36.3 Å². The summed E-state index contributed by atoms with van der Waals surface area (Å²) in [6.07, 6.45) is -4.46. The molecule has 13 heteroatoms. The Labute approximate surface area is 298 Å². The number of piperidine rings is 1. The molecule has 3 heterocycles. The molecule has 4 bridgehead atoms. The van der Waals surface area contributed by atoms with Gasteiger partial charge in [-0.1, -0.05) is 39.9 Å². The second-order valence-corrected chi connectivity index (χ2v) is 15.3. The van der Waals surface area contributed by atoms with Gasteiger partial charge in [-0.05, 0) is 82.3 Å². The summed E-state index contributed by atoms with van der Waals surface area (Å²) in [6.45, 7) is 9.02. The first kappa shape index (κ1) is 37.2. The number of nitrogens with zero attached hydrogens (tertiary/aromatic N) is 2. The van der Waals surface area contributed by atoms with E-state index in [1.54, 1.807) is 51.1 Å². The lowest BCUT2D eigenvalue weighted by molar-refractivity contribution is -0.126. The molecule has 3 aromatic rings. The van der Waals surface area contributed by atoms with E-state index in [0.29, 0.717) is 52.6 Å². The summed E-state index contributed by atoms with van der Waals surface area (Å²) in [5, 5.41) is 4.22. The number of alkyl halides is 3. The fraction of sp³-hybridized carbons (Fsp3) is 0.528. The highest BCUT2D eigenvalue weighted by Gasteiger charge is 2.32. The van der Waals surface area contributed by atoms with Gasteiger partial charge < -0.3 is 29.2 Å². The van der Waals surface area contributed by atoms with E-state index in [2.05, 4.69) is 45.0 Å². The SMILES string of the molecule is CN1CCC2Nc3cccc4c(CC(F)(F)F)c(sc34)C#CCN(C(=O)OC(C)(C)C)c3cc(Br)cc(c3)OCCOCCOCCC2C1. The number of ether oxygens (including phenoxy) is 4. The van der Waals surface area contributed by atoms with Crippen LogP contribution < -0.4 is 15.0 Å². The van der Waals surface area contributed by atoms with Crippen molar-refractivity contribution in [3.8, 4) is 17.6 Å². The average Bonchev–Trinajstić information content (AvgIpc) is 3.34. The molecule has 2 aliphatic rings. The Balaban J connectivity index is 1.55. The summed E-state index contributed by atoms with van der Waals surface area (Å²) in [5.41, 5.74) is 0.587. The molecule has 0 spiro atoms. The third-order valence-corrected chi connectivity index (χ3v) is 9.85. The summed E-state index contributed by atoms with van der Waals surface area (Å²) >= 11 is 4.74. The molecule has 49 heavy (non-hydrogen) atoms. The lowest BCUT2D eigenvalue weighted by atomic mass is 9.89. The minimum atomic E-state index is -4.43. The van der Waals surface area contributed by atoms with Crippen molar-refractivity contribution >= 4 is 54.8 Å². The predicted molar refractivity (Wildman–Crippen MR) is 191 cm³/mol. The highest BCUT2D eigenvalue weighted by molar-refractivity contribution is 9.10. The zero-order valence-electron chi connectivity index (χ0n) is 28.3. The third-order valence-electron chi connectivity index (χ3n) is 8.20. The highest BCUT2D eigenvalue weighted by Crippen LogP contribution is 2.40. The van der Waals surface area contributed by atoms with Crippen LogP contribution in [0.15, 0.2) is 40.9 Å².